The molecule has 2 heterocycles. The second-order valence-electron chi connectivity index (χ2n) is 5.11. The Morgan fingerprint density at radius 1 is 1.29 bits per heavy atom. The summed E-state index contributed by atoms with van der Waals surface area (Å²) in [6, 6.07) is 7.52. The van der Waals surface area contributed by atoms with Crippen molar-refractivity contribution in [1.29, 1.82) is 0 Å². The Balaban J connectivity index is 1.72. The van der Waals surface area contributed by atoms with Crippen LogP contribution in [0.5, 0.6) is 0 Å². The molecule has 1 unspecified atom stereocenters. The van der Waals surface area contributed by atoms with Crippen LogP contribution in [0.4, 0.5) is 0 Å². The van der Waals surface area contributed by atoms with Crippen LogP contribution >= 0.6 is 11.6 Å². The van der Waals surface area contributed by atoms with Crippen LogP contribution in [0.15, 0.2) is 41.8 Å². The lowest BCUT2D eigenvalue weighted by atomic mass is 10.2. The number of rotatable bonds is 4. The summed E-state index contributed by atoms with van der Waals surface area (Å²) in [5.74, 6) is 0.917. The molecule has 5 nitrogen and oxygen atoms in total. The first-order valence-corrected chi connectivity index (χ1v) is 7.40. The minimum Gasteiger partial charge on any atom is -0.310 e. The number of hydrazone groups is 1. The second kappa shape index (κ2) is 5.77. The van der Waals surface area contributed by atoms with Crippen LogP contribution in [-0.2, 0) is 11.3 Å². The molecule has 0 saturated carbocycles. The quantitative estimate of drug-likeness (QED) is 0.930. The highest BCUT2D eigenvalue weighted by atomic mass is 35.5. The highest BCUT2D eigenvalue weighted by molar-refractivity contribution is 6.30. The van der Waals surface area contributed by atoms with Gasteiger partial charge in [-0.25, -0.2) is 0 Å². The number of benzene rings is 1. The monoisotopic (exact) mass is 304 g/mol. The van der Waals surface area contributed by atoms with Crippen molar-refractivity contribution in [3.8, 4) is 0 Å². The van der Waals surface area contributed by atoms with Crippen molar-refractivity contribution >= 4 is 23.3 Å². The maximum Gasteiger partial charge on any atom is 0.272 e. The second-order valence-corrected chi connectivity index (χ2v) is 5.54. The molecule has 0 radical (unpaired) electrons. The number of amidine groups is 1. The van der Waals surface area contributed by atoms with Crippen molar-refractivity contribution in [2.45, 2.75) is 32.5 Å². The summed E-state index contributed by atoms with van der Waals surface area (Å²) >= 11 is 5.88. The van der Waals surface area contributed by atoms with E-state index in [0.717, 1.165) is 24.2 Å². The molecular weight excluding hydrogens is 288 g/mol. The highest BCUT2D eigenvalue weighted by Crippen LogP contribution is 2.20. The molecule has 0 aliphatic carbocycles. The Morgan fingerprint density at radius 2 is 2.05 bits per heavy atom. The molecule has 0 bridgehead atoms. The third-order valence-electron chi connectivity index (χ3n) is 3.56. The number of halogens is 1. The topological polar surface area (TPSA) is 47.9 Å². The van der Waals surface area contributed by atoms with Crippen LogP contribution in [0, 0.1) is 0 Å². The first kappa shape index (κ1) is 13.9. The molecule has 0 aromatic heterocycles. The maximum absolute atomic E-state index is 12.5. The number of nitrogens with one attached hydrogen (secondary N) is 1. The molecule has 1 aromatic carbocycles. The van der Waals surface area contributed by atoms with Gasteiger partial charge in [0, 0.05) is 23.8 Å². The van der Waals surface area contributed by atoms with E-state index in [4.69, 9.17) is 11.6 Å². The number of hydrogen-bond donors (Lipinski definition) is 1. The molecule has 2 aliphatic rings. The summed E-state index contributed by atoms with van der Waals surface area (Å²) in [4.78, 5) is 16.1. The lowest BCUT2D eigenvalue weighted by Crippen LogP contribution is -2.51. The fourth-order valence-corrected chi connectivity index (χ4v) is 2.59. The molecule has 1 N–H and O–H groups in total. The molecule has 1 aromatic rings. The molecule has 2 aliphatic heterocycles. The summed E-state index contributed by atoms with van der Waals surface area (Å²) in [6.45, 7) is 2.62. The standard InChI is InChI=1S/C15H17ClN4O/c1-2-3-13-17-18-14-15(21)19(8-9-20(13)14)10-11-4-6-12(16)7-5-11/h4-9,14,18H,2-3,10H2,1H3. The van der Waals surface area contributed by atoms with Gasteiger partial charge in [0.15, 0.2) is 0 Å². The van der Waals surface area contributed by atoms with Crippen molar-refractivity contribution in [3.63, 3.8) is 0 Å². The fraction of sp³-hybridized carbons (Fsp3) is 0.333. The molecule has 0 spiro atoms. The van der Waals surface area contributed by atoms with Crippen molar-refractivity contribution in [3.05, 3.63) is 47.3 Å². The number of amides is 1. The van der Waals surface area contributed by atoms with Crippen LogP contribution in [-0.4, -0.2) is 27.7 Å². The van der Waals surface area contributed by atoms with Crippen molar-refractivity contribution < 1.29 is 4.79 Å². The smallest absolute Gasteiger partial charge is 0.272 e. The average Bonchev–Trinajstić information content (AvgIpc) is 2.89. The minimum absolute atomic E-state index is 0.00213. The van der Waals surface area contributed by atoms with Gasteiger partial charge in [0.25, 0.3) is 5.91 Å². The Kier molecular flexibility index (Phi) is 3.84. The van der Waals surface area contributed by atoms with E-state index in [1.54, 1.807) is 4.90 Å². The molecule has 21 heavy (non-hydrogen) atoms. The Labute approximate surface area is 128 Å². The van der Waals surface area contributed by atoms with Gasteiger partial charge in [0.1, 0.15) is 5.84 Å². The lowest BCUT2D eigenvalue weighted by molar-refractivity contribution is -0.134. The van der Waals surface area contributed by atoms with E-state index in [1.165, 1.54) is 0 Å². The summed E-state index contributed by atoms with van der Waals surface area (Å²) in [5, 5.41) is 4.94. The third-order valence-corrected chi connectivity index (χ3v) is 3.81. The number of nitrogens with zero attached hydrogens (tertiary/aromatic N) is 3. The Hall–Kier alpha value is -2.01. The minimum atomic E-state index is -0.413. The lowest BCUT2D eigenvalue weighted by Gasteiger charge is -2.32. The van der Waals surface area contributed by atoms with E-state index in [1.807, 2.05) is 41.6 Å². The van der Waals surface area contributed by atoms with Crippen LogP contribution in [0.25, 0.3) is 0 Å². The molecule has 1 atom stereocenters. The van der Waals surface area contributed by atoms with E-state index >= 15 is 0 Å². The van der Waals surface area contributed by atoms with Crippen LogP contribution in [0.2, 0.25) is 5.02 Å². The van der Waals surface area contributed by atoms with Crippen molar-refractivity contribution in [2.24, 2.45) is 5.10 Å². The molecule has 0 saturated heterocycles. The summed E-state index contributed by atoms with van der Waals surface area (Å²) in [5.41, 5.74) is 3.96. The molecule has 110 valence electrons. The van der Waals surface area contributed by atoms with E-state index in [0.29, 0.717) is 11.6 Å². The van der Waals surface area contributed by atoms with Gasteiger partial charge in [0.2, 0.25) is 6.17 Å². The van der Waals surface area contributed by atoms with E-state index in [2.05, 4.69) is 17.5 Å². The first-order valence-electron chi connectivity index (χ1n) is 7.02. The fourth-order valence-electron chi connectivity index (χ4n) is 2.46. The van der Waals surface area contributed by atoms with Gasteiger partial charge in [-0.1, -0.05) is 30.7 Å². The van der Waals surface area contributed by atoms with Gasteiger partial charge < -0.3 is 9.80 Å². The zero-order valence-corrected chi connectivity index (χ0v) is 12.5. The van der Waals surface area contributed by atoms with Gasteiger partial charge in [0.05, 0.1) is 6.54 Å². The number of carbonyl (C=O) groups excluding carboxylic acids is 1. The number of fused-ring (bicyclic) bond motifs is 1. The zero-order valence-electron chi connectivity index (χ0n) is 11.8. The summed E-state index contributed by atoms with van der Waals surface area (Å²) in [7, 11) is 0. The summed E-state index contributed by atoms with van der Waals surface area (Å²) in [6.07, 6.45) is 5.17. The third kappa shape index (κ3) is 2.74. The largest absolute Gasteiger partial charge is 0.310 e. The predicted molar refractivity (Wildman–Crippen MR) is 82.2 cm³/mol. The Bertz CT molecular complexity index is 596. The highest BCUT2D eigenvalue weighted by Gasteiger charge is 2.36. The average molecular weight is 305 g/mol. The number of carbonyl (C=O) groups is 1. The van der Waals surface area contributed by atoms with Crippen molar-refractivity contribution in [2.75, 3.05) is 0 Å². The van der Waals surface area contributed by atoms with Crippen LogP contribution in [0.1, 0.15) is 25.3 Å². The molecule has 0 fully saturated rings. The molecule has 6 heteroatoms. The van der Waals surface area contributed by atoms with E-state index in [-0.39, 0.29) is 5.91 Å². The maximum atomic E-state index is 12.5. The van der Waals surface area contributed by atoms with Crippen LogP contribution in [0.3, 0.4) is 0 Å². The molecular formula is C15H17ClN4O. The van der Waals surface area contributed by atoms with Gasteiger partial charge in [-0.15, -0.1) is 0 Å². The number of hydrogen-bond acceptors (Lipinski definition) is 4. The van der Waals surface area contributed by atoms with Gasteiger partial charge in [-0.3, -0.25) is 10.2 Å². The molecule has 3 rings (SSSR count). The van der Waals surface area contributed by atoms with Gasteiger partial charge in [-0.05, 0) is 24.1 Å². The van der Waals surface area contributed by atoms with E-state index < -0.39 is 6.17 Å². The normalized spacial score (nSPS) is 20.4. The van der Waals surface area contributed by atoms with E-state index in [9.17, 15) is 4.79 Å². The van der Waals surface area contributed by atoms with Crippen molar-refractivity contribution in [1.82, 2.24) is 15.2 Å². The van der Waals surface area contributed by atoms with Gasteiger partial charge in [-0.2, -0.15) is 5.10 Å². The predicted octanol–water partition coefficient (Wildman–Crippen LogP) is 2.50. The summed E-state index contributed by atoms with van der Waals surface area (Å²) < 4.78 is 0. The Morgan fingerprint density at radius 3 is 2.76 bits per heavy atom. The zero-order chi connectivity index (χ0) is 14.8. The van der Waals surface area contributed by atoms with Crippen LogP contribution < -0.4 is 5.43 Å². The first-order chi connectivity index (χ1) is 10.2. The molecule has 1 amide bonds. The van der Waals surface area contributed by atoms with Gasteiger partial charge >= 0.3 is 0 Å². The SMILES string of the molecule is CCCC1=NNC2C(=O)N(Cc3ccc(Cl)cc3)C=CN12.